The van der Waals surface area contributed by atoms with Gasteiger partial charge in [0.15, 0.2) is 0 Å². The maximum Gasteiger partial charge on any atom is 0.123 e. The highest BCUT2D eigenvalue weighted by atomic mass is 32.2. The molecule has 3 heterocycles. The van der Waals surface area contributed by atoms with Gasteiger partial charge >= 0.3 is 0 Å². The molecule has 3 aromatic carbocycles. The molecule has 0 saturated carbocycles. The molecule has 27 heavy (non-hydrogen) atoms. The second kappa shape index (κ2) is 5.80. The number of aromatic nitrogens is 1. The third kappa shape index (κ3) is 2.15. The zero-order valence-electron chi connectivity index (χ0n) is 14.6. The lowest BCUT2D eigenvalue weighted by Crippen LogP contribution is -2.20. The molecule has 1 unspecified atom stereocenters. The molecule has 2 nitrogen and oxygen atoms in total. The molecule has 0 radical (unpaired) electrons. The first-order chi connectivity index (χ1) is 13.4. The van der Waals surface area contributed by atoms with Gasteiger partial charge in [0.25, 0.3) is 0 Å². The number of ether oxygens (including phenoxy) is 1. The van der Waals surface area contributed by atoms with Gasteiger partial charge in [-0.05, 0) is 35.2 Å². The lowest BCUT2D eigenvalue weighted by atomic mass is 9.83. The summed E-state index contributed by atoms with van der Waals surface area (Å²) in [6.07, 6.45) is 0. The van der Waals surface area contributed by atoms with Gasteiger partial charge in [-0.15, -0.1) is 0 Å². The summed E-state index contributed by atoms with van der Waals surface area (Å²) in [5.74, 6) is 1.27. The van der Waals surface area contributed by atoms with Crippen LogP contribution in [0.1, 0.15) is 17.0 Å². The van der Waals surface area contributed by atoms with Crippen LogP contribution in [0.15, 0.2) is 94.9 Å². The molecule has 0 aliphatic carbocycles. The maximum absolute atomic E-state index is 6.02. The van der Waals surface area contributed by atoms with Crippen molar-refractivity contribution in [1.82, 2.24) is 4.57 Å². The second-order valence-electron chi connectivity index (χ2n) is 6.98. The highest BCUT2D eigenvalue weighted by Gasteiger charge is 2.35. The summed E-state index contributed by atoms with van der Waals surface area (Å²) in [5, 5.41) is 4.94. The standard InChI is InChI=1S/C24H17NOS/c1-2-8-17(9-3-1)25-20-12-6-4-10-18(20)23-22-16(15-27-24(23)25)14-26-21-13-7-5-11-19(21)22/h1-13,15,22H,14H2. The molecule has 0 fully saturated rings. The van der Waals surface area contributed by atoms with E-state index in [-0.39, 0.29) is 5.92 Å². The predicted molar refractivity (Wildman–Crippen MR) is 111 cm³/mol. The van der Waals surface area contributed by atoms with Crippen LogP contribution >= 0.6 is 11.8 Å². The van der Waals surface area contributed by atoms with Gasteiger partial charge in [0.2, 0.25) is 0 Å². The molecule has 1 aromatic heterocycles. The molecule has 0 amide bonds. The van der Waals surface area contributed by atoms with Crippen molar-refractivity contribution in [1.29, 1.82) is 0 Å². The number of nitrogens with zero attached hydrogens (tertiary/aromatic N) is 1. The molecule has 0 saturated heterocycles. The lowest BCUT2D eigenvalue weighted by Gasteiger charge is -2.32. The number of hydrogen-bond acceptors (Lipinski definition) is 2. The van der Waals surface area contributed by atoms with E-state index in [1.165, 1.54) is 38.3 Å². The van der Waals surface area contributed by atoms with Gasteiger partial charge in [-0.2, -0.15) is 0 Å². The zero-order chi connectivity index (χ0) is 17.8. The van der Waals surface area contributed by atoms with E-state index in [2.05, 4.69) is 88.8 Å². The van der Waals surface area contributed by atoms with Crippen molar-refractivity contribution >= 4 is 22.7 Å². The summed E-state index contributed by atoms with van der Waals surface area (Å²) in [5.41, 5.74) is 6.50. The van der Waals surface area contributed by atoms with E-state index < -0.39 is 0 Å². The molecule has 4 aromatic rings. The van der Waals surface area contributed by atoms with Crippen LogP contribution in [0.2, 0.25) is 0 Å². The largest absolute Gasteiger partial charge is 0.489 e. The minimum atomic E-state index is 0.265. The molecule has 130 valence electrons. The number of hydrogen-bond donors (Lipinski definition) is 0. The van der Waals surface area contributed by atoms with Crippen LogP contribution in [0.5, 0.6) is 5.75 Å². The Morgan fingerprint density at radius 3 is 2.56 bits per heavy atom. The van der Waals surface area contributed by atoms with Crippen LogP contribution in [0.25, 0.3) is 16.6 Å². The molecular formula is C24H17NOS. The van der Waals surface area contributed by atoms with Crippen LogP contribution in [0.4, 0.5) is 0 Å². The van der Waals surface area contributed by atoms with Crippen molar-refractivity contribution in [2.75, 3.05) is 6.61 Å². The summed E-state index contributed by atoms with van der Waals surface area (Å²) in [6.45, 7) is 0.666. The van der Waals surface area contributed by atoms with Crippen LogP contribution < -0.4 is 4.74 Å². The Hall–Kier alpha value is -2.91. The minimum absolute atomic E-state index is 0.265. The first-order valence-electron chi connectivity index (χ1n) is 9.18. The van der Waals surface area contributed by atoms with E-state index in [0.29, 0.717) is 6.61 Å². The highest BCUT2D eigenvalue weighted by Crippen LogP contribution is 2.52. The van der Waals surface area contributed by atoms with E-state index >= 15 is 0 Å². The quantitative estimate of drug-likeness (QED) is 0.401. The first kappa shape index (κ1) is 15.2. The molecule has 2 aliphatic heterocycles. The Labute approximate surface area is 162 Å². The van der Waals surface area contributed by atoms with E-state index in [0.717, 1.165) is 5.75 Å². The van der Waals surface area contributed by atoms with E-state index in [9.17, 15) is 0 Å². The minimum Gasteiger partial charge on any atom is -0.489 e. The fourth-order valence-electron chi connectivity index (χ4n) is 4.34. The average molecular weight is 367 g/mol. The Kier molecular flexibility index (Phi) is 3.26. The highest BCUT2D eigenvalue weighted by molar-refractivity contribution is 8.02. The summed E-state index contributed by atoms with van der Waals surface area (Å²) in [4.78, 5) is 0. The third-order valence-electron chi connectivity index (χ3n) is 5.49. The van der Waals surface area contributed by atoms with E-state index in [1.807, 2.05) is 11.8 Å². The number of rotatable bonds is 1. The Morgan fingerprint density at radius 2 is 1.63 bits per heavy atom. The monoisotopic (exact) mass is 367 g/mol. The Balaban J connectivity index is 1.70. The van der Waals surface area contributed by atoms with Crippen molar-refractivity contribution < 1.29 is 4.74 Å². The number of para-hydroxylation sites is 3. The smallest absolute Gasteiger partial charge is 0.123 e. The second-order valence-corrected chi connectivity index (χ2v) is 7.84. The normalized spacial score (nSPS) is 17.5. The van der Waals surface area contributed by atoms with Crippen LogP contribution in [0.3, 0.4) is 0 Å². The van der Waals surface area contributed by atoms with Crippen molar-refractivity contribution in [2.45, 2.75) is 10.9 Å². The van der Waals surface area contributed by atoms with Gasteiger partial charge in [0, 0.05) is 28.1 Å². The lowest BCUT2D eigenvalue weighted by molar-refractivity contribution is 0.324. The molecule has 0 spiro atoms. The van der Waals surface area contributed by atoms with Gasteiger partial charge < -0.3 is 9.30 Å². The molecular weight excluding hydrogens is 350 g/mol. The van der Waals surface area contributed by atoms with Crippen molar-refractivity contribution in [3.63, 3.8) is 0 Å². The summed E-state index contributed by atoms with van der Waals surface area (Å²) in [7, 11) is 0. The molecule has 3 heteroatoms. The summed E-state index contributed by atoms with van der Waals surface area (Å²) >= 11 is 1.82. The number of benzene rings is 3. The fraction of sp³-hybridized carbons (Fsp3) is 0.0833. The Morgan fingerprint density at radius 1 is 0.852 bits per heavy atom. The average Bonchev–Trinajstić information content (AvgIpc) is 3.08. The molecule has 0 bridgehead atoms. The third-order valence-corrected chi connectivity index (χ3v) is 6.54. The van der Waals surface area contributed by atoms with E-state index in [1.54, 1.807) is 0 Å². The molecule has 0 N–H and O–H groups in total. The van der Waals surface area contributed by atoms with Crippen molar-refractivity contribution in [2.24, 2.45) is 0 Å². The number of thioether (sulfide) groups is 1. The summed E-state index contributed by atoms with van der Waals surface area (Å²) in [6, 6.07) is 27.9. The van der Waals surface area contributed by atoms with Gasteiger partial charge in [-0.25, -0.2) is 0 Å². The molecule has 6 rings (SSSR count). The van der Waals surface area contributed by atoms with Crippen LogP contribution in [-0.2, 0) is 0 Å². The molecule has 1 atom stereocenters. The van der Waals surface area contributed by atoms with Crippen molar-refractivity contribution in [3.8, 4) is 11.4 Å². The van der Waals surface area contributed by atoms with Gasteiger partial charge in [-0.1, -0.05) is 66.4 Å². The van der Waals surface area contributed by atoms with E-state index in [4.69, 9.17) is 4.74 Å². The van der Waals surface area contributed by atoms with Crippen molar-refractivity contribution in [3.05, 3.63) is 101 Å². The fourth-order valence-corrected chi connectivity index (χ4v) is 5.47. The molecule has 2 aliphatic rings. The maximum atomic E-state index is 6.02. The Bertz CT molecular complexity index is 1210. The first-order valence-corrected chi connectivity index (χ1v) is 10.1. The predicted octanol–water partition coefficient (Wildman–Crippen LogP) is 6.14. The van der Waals surface area contributed by atoms with Gasteiger partial charge in [0.05, 0.1) is 10.5 Å². The number of fused-ring (bicyclic) bond motifs is 7. The topological polar surface area (TPSA) is 14.2 Å². The van der Waals surface area contributed by atoms with Gasteiger partial charge in [-0.3, -0.25) is 0 Å². The van der Waals surface area contributed by atoms with Gasteiger partial charge in [0.1, 0.15) is 12.4 Å². The SMILES string of the molecule is C1=C2COc3ccccc3C2c2c(n(-c3ccccc3)c3ccccc23)S1. The zero-order valence-corrected chi connectivity index (χ0v) is 15.4. The van der Waals surface area contributed by atoms with Crippen LogP contribution in [0, 0.1) is 0 Å². The van der Waals surface area contributed by atoms with Crippen LogP contribution in [-0.4, -0.2) is 11.2 Å². The summed E-state index contributed by atoms with van der Waals surface area (Å²) < 4.78 is 8.43.